The highest BCUT2D eigenvalue weighted by Gasteiger charge is 2.02. The lowest BCUT2D eigenvalue weighted by Crippen LogP contribution is -1.91. The normalized spacial score (nSPS) is 10.9. The van der Waals surface area contributed by atoms with Crippen LogP contribution in [-0.2, 0) is 0 Å². The highest BCUT2D eigenvalue weighted by Crippen LogP contribution is 2.22. The van der Waals surface area contributed by atoms with Crippen molar-refractivity contribution in [3.63, 3.8) is 0 Å². The molecule has 0 radical (unpaired) electrons. The van der Waals surface area contributed by atoms with Crippen LogP contribution in [0.4, 0.5) is 0 Å². The molecule has 0 spiro atoms. The van der Waals surface area contributed by atoms with E-state index in [2.05, 4.69) is 58.5 Å². The van der Waals surface area contributed by atoms with E-state index in [1.165, 1.54) is 11.1 Å². The number of hydrogen-bond acceptors (Lipinski definition) is 2. The van der Waals surface area contributed by atoms with Crippen LogP contribution in [-0.4, -0.2) is 19.1 Å². The topological polar surface area (TPSA) is 35.6 Å². The van der Waals surface area contributed by atoms with Crippen molar-refractivity contribution < 1.29 is 0 Å². The zero-order valence-corrected chi connectivity index (χ0v) is 13.7. The van der Waals surface area contributed by atoms with E-state index < -0.39 is 0 Å². The molecule has 118 valence electrons. The maximum Gasteiger partial charge on any atom is 0.0995 e. The number of benzene rings is 2. The summed E-state index contributed by atoms with van der Waals surface area (Å²) >= 11 is 0. The van der Waals surface area contributed by atoms with E-state index in [9.17, 15) is 0 Å². The molecular formula is C20H18N4. The fourth-order valence-corrected chi connectivity index (χ4v) is 2.78. The highest BCUT2D eigenvalue weighted by molar-refractivity contribution is 5.65. The molecule has 0 aliphatic carbocycles. The van der Waals surface area contributed by atoms with Crippen molar-refractivity contribution in [2.24, 2.45) is 0 Å². The molecule has 0 bridgehead atoms. The SMILES string of the molecule is Cc1cn(-c2ccc(-c3ccc(-n4cnc(C)c4)cc3)cc2)cn1. The van der Waals surface area contributed by atoms with E-state index in [0.717, 1.165) is 22.8 Å². The summed E-state index contributed by atoms with van der Waals surface area (Å²) in [6.07, 6.45) is 7.73. The first kappa shape index (κ1) is 14.5. The van der Waals surface area contributed by atoms with E-state index in [4.69, 9.17) is 0 Å². The molecule has 4 rings (SSSR count). The largest absolute Gasteiger partial charge is 0.306 e. The number of hydrogen-bond donors (Lipinski definition) is 0. The van der Waals surface area contributed by atoms with Crippen LogP contribution in [0.2, 0.25) is 0 Å². The first-order valence-corrected chi connectivity index (χ1v) is 7.91. The van der Waals surface area contributed by atoms with Crippen molar-refractivity contribution >= 4 is 0 Å². The Hall–Kier alpha value is -3.14. The summed E-state index contributed by atoms with van der Waals surface area (Å²) in [5, 5.41) is 0. The van der Waals surface area contributed by atoms with Crippen LogP contribution in [0.5, 0.6) is 0 Å². The second-order valence-electron chi connectivity index (χ2n) is 5.94. The van der Waals surface area contributed by atoms with Crippen LogP contribution in [0.3, 0.4) is 0 Å². The fraction of sp³-hybridized carbons (Fsp3) is 0.100. The van der Waals surface area contributed by atoms with Gasteiger partial charge >= 0.3 is 0 Å². The second-order valence-corrected chi connectivity index (χ2v) is 5.94. The van der Waals surface area contributed by atoms with Gasteiger partial charge in [0.15, 0.2) is 0 Å². The molecule has 0 saturated carbocycles. The molecule has 24 heavy (non-hydrogen) atoms. The summed E-state index contributed by atoms with van der Waals surface area (Å²) in [6, 6.07) is 17.0. The molecule has 0 saturated heterocycles. The first-order valence-electron chi connectivity index (χ1n) is 7.91. The third-order valence-electron chi connectivity index (χ3n) is 4.09. The molecule has 4 nitrogen and oxygen atoms in total. The van der Waals surface area contributed by atoms with Crippen LogP contribution in [0.1, 0.15) is 11.4 Å². The van der Waals surface area contributed by atoms with Crippen molar-refractivity contribution in [2.75, 3.05) is 0 Å². The number of nitrogens with zero attached hydrogens (tertiary/aromatic N) is 4. The Morgan fingerprint density at radius 3 is 1.25 bits per heavy atom. The van der Waals surface area contributed by atoms with E-state index in [0.29, 0.717) is 0 Å². The lowest BCUT2D eigenvalue weighted by Gasteiger charge is -2.07. The average molecular weight is 314 g/mol. The van der Waals surface area contributed by atoms with Crippen LogP contribution < -0.4 is 0 Å². The van der Waals surface area contributed by atoms with Gasteiger partial charge in [-0.25, -0.2) is 9.97 Å². The Morgan fingerprint density at radius 1 is 0.583 bits per heavy atom. The van der Waals surface area contributed by atoms with Gasteiger partial charge < -0.3 is 9.13 Å². The predicted molar refractivity (Wildman–Crippen MR) is 95.6 cm³/mol. The maximum atomic E-state index is 4.27. The summed E-state index contributed by atoms with van der Waals surface area (Å²) < 4.78 is 4.06. The van der Waals surface area contributed by atoms with Gasteiger partial charge in [0.25, 0.3) is 0 Å². The molecule has 0 fully saturated rings. The predicted octanol–water partition coefficient (Wildman–Crippen LogP) is 4.34. The molecule has 0 amide bonds. The monoisotopic (exact) mass is 314 g/mol. The zero-order valence-electron chi connectivity index (χ0n) is 13.7. The number of aryl methyl sites for hydroxylation is 2. The second kappa shape index (κ2) is 5.81. The molecule has 0 aliphatic rings. The lowest BCUT2D eigenvalue weighted by atomic mass is 10.0. The van der Waals surface area contributed by atoms with Gasteiger partial charge in [-0.3, -0.25) is 0 Å². The molecular weight excluding hydrogens is 296 g/mol. The van der Waals surface area contributed by atoms with Crippen LogP contribution >= 0.6 is 0 Å². The van der Waals surface area contributed by atoms with E-state index in [1.807, 2.05) is 48.0 Å². The minimum atomic E-state index is 1.02. The lowest BCUT2D eigenvalue weighted by molar-refractivity contribution is 1.06. The standard InChI is InChI=1S/C20H18N4/c1-15-11-23(13-21-15)19-7-3-17(4-8-19)18-5-9-20(10-6-18)24-12-16(2)22-14-24/h3-14H,1-2H3. The third kappa shape index (κ3) is 2.74. The Morgan fingerprint density at radius 2 is 0.958 bits per heavy atom. The molecule has 0 N–H and O–H groups in total. The molecule has 2 aromatic heterocycles. The third-order valence-corrected chi connectivity index (χ3v) is 4.09. The van der Waals surface area contributed by atoms with Crippen LogP contribution in [0.25, 0.3) is 22.5 Å². The maximum absolute atomic E-state index is 4.27. The van der Waals surface area contributed by atoms with Crippen molar-refractivity contribution in [2.45, 2.75) is 13.8 Å². The van der Waals surface area contributed by atoms with Crippen LogP contribution in [0.15, 0.2) is 73.6 Å². The minimum absolute atomic E-state index is 1.02. The quantitative estimate of drug-likeness (QED) is 0.564. The smallest absolute Gasteiger partial charge is 0.0995 e. The number of imidazole rings is 2. The number of rotatable bonds is 3. The van der Waals surface area contributed by atoms with E-state index in [-0.39, 0.29) is 0 Å². The number of aromatic nitrogens is 4. The first-order chi connectivity index (χ1) is 11.7. The molecule has 2 heterocycles. The molecule has 4 heteroatoms. The van der Waals surface area contributed by atoms with Crippen molar-refractivity contribution in [3.05, 3.63) is 85.0 Å². The van der Waals surface area contributed by atoms with Gasteiger partial charge in [0.05, 0.1) is 24.0 Å². The van der Waals surface area contributed by atoms with Crippen molar-refractivity contribution in [1.29, 1.82) is 0 Å². The average Bonchev–Trinajstić information content (AvgIpc) is 3.24. The van der Waals surface area contributed by atoms with Gasteiger partial charge in [-0.15, -0.1) is 0 Å². The van der Waals surface area contributed by atoms with Gasteiger partial charge in [-0.05, 0) is 49.2 Å². The van der Waals surface area contributed by atoms with E-state index >= 15 is 0 Å². The Labute approximate surface area is 141 Å². The summed E-state index contributed by atoms with van der Waals surface area (Å²) in [5.74, 6) is 0. The van der Waals surface area contributed by atoms with Gasteiger partial charge in [0, 0.05) is 23.8 Å². The Balaban J connectivity index is 1.59. The summed E-state index contributed by atoms with van der Waals surface area (Å²) in [5.41, 5.74) is 6.66. The van der Waals surface area contributed by atoms with Crippen molar-refractivity contribution in [3.8, 4) is 22.5 Å². The summed E-state index contributed by atoms with van der Waals surface area (Å²) in [6.45, 7) is 3.99. The fourth-order valence-electron chi connectivity index (χ4n) is 2.78. The van der Waals surface area contributed by atoms with Gasteiger partial charge in [0.2, 0.25) is 0 Å². The molecule has 4 aromatic rings. The Bertz CT molecular complexity index is 878. The zero-order chi connectivity index (χ0) is 16.5. The van der Waals surface area contributed by atoms with Gasteiger partial charge in [-0.2, -0.15) is 0 Å². The minimum Gasteiger partial charge on any atom is -0.306 e. The molecule has 0 unspecified atom stereocenters. The van der Waals surface area contributed by atoms with Crippen LogP contribution in [0, 0.1) is 13.8 Å². The molecule has 0 aliphatic heterocycles. The summed E-state index contributed by atoms with van der Waals surface area (Å²) in [7, 11) is 0. The molecule has 2 aromatic carbocycles. The summed E-state index contributed by atoms with van der Waals surface area (Å²) in [4.78, 5) is 8.54. The van der Waals surface area contributed by atoms with Gasteiger partial charge in [-0.1, -0.05) is 24.3 Å². The van der Waals surface area contributed by atoms with E-state index in [1.54, 1.807) is 0 Å². The van der Waals surface area contributed by atoms with Crippen molar-refractivity contribution in [1.82, 2.24) is 19.1 Å². The molecule has 0 atom stereocenters. The van der Waals surface area contributed by atoms with Gasteiger partial charge in [0.1, 0.15) is 0 Å². The highest BCUT2D eigenvalue weighted by atomic mass is 15.0. The Kier molecular flexibility index (Phi) is 3.50.